The van der Waals surface area contributed by atoms with E-state index in [9.17, 15) is 0 Å². The van der Waals surface area contributed by atoms with Crippen molar-refractivity contribution in [3.05, 3.63) is 34.9 Å². The zero-order valence-electron chi connectivity index (χ0n) is 12.3. The molecule has 1 aromatic rings. The van der Waals surface area contributed by atoms with Crippen LogP contribution in [0, 0.1) is 5.92 Å². The van der Waals surface area contributed by atoms with Gasteiger partial charge in [0.25, 0.3) is 0 Å². The average molecular weight is 293 g/mol. The highest BCUT2D eigenvalue weighted by molar-refractivity contribution is 6.31. The van der Waals surface area contributed by atoms with Gasteiger partial charge < -0.3 is 5.32 Å². The summed E-state index contributed by atoms with van der Waals surface area (Å²) in [6.07, 6.45) is 5.35. The molecule has 3 heteroatoms. The molecule has 1 aromatic carbocycles. The first-order valence-corrected chi connectivity index (χ1v) is 8.36. The molecule has 110 valence electrons. The van der Waals surface area contributed by atoms with Gasteiger partial charge >= 0.3 is 0 Å². The minimum absolute atomic E-state index is 0.659. The molecule has 20 heavy (non-hydrogen) atoms. The topological polar surface area (TPSA) is 15.3 Å². The third kappa shape index (κ3) is 3.36. The van der Waals surface area contributed by atoms with E-state index < -0.39 is 0 Å². The summed E-state index contributed by atoms with van der Waals surface area (Å²) < 4.78 is 0. The third-order valence-electron chi connectivity index (χ3n) is 4.71. The molecule has 0 aromatic heterocycles. The van der Waals surface area contributed by atoms with Gasteiger partial charge in [0.05, 0.1) is 0 Å². The zero-order valence-corrected chi connectivity index (χ0v) is 13.1. The van der Waals surface area contributed by atoms with Crippen molar-refractivity contribution in [1.82, 2.24) is 10.2 Å². The van der Waals surface area contributed by atoms with Gasteiger partial charge in [0.15, 0.2) is 0 Å². The molecule has 2 fully saturated rings. The Morgan fingerprint density at radius 1 is 1.30 bits per heavy atom. The molecule has 3 rings (SSSR count). The van der Waals surface area contributed by atoms with Crippen molar-refractivity contribution < 1.29 is 0 Å². The van der Waals surface area contributed by atoms with Crippen molar-refractivity contribution in [1.29, 1.82) is 0 Å². The SMILES string of the molecule is CCCC1CNC(C2CC2)CN1Cc1ccccc1Cl. The second-order valence-corrected chi connectivity index (χ2v) is 6.72. The smallest absolute Gasteiger partial charge is 0.0451 e. The van der Waals surface area contributed by atoms with E-state index in [2.05, 4.69) is 29.3 Å². The summed E-state index contributed by atoms with van der Waals surface area (Å²) in [5.41, 5.74) is 1.27. The molecule has 2 unspecified atom stereocenters. The normalized spacial score (nSPS) is 27.7. The first kappa shape index (κ1) is 14.4. The van der Waals surface area contributed by atoms with E-state index in [0.717, 1.165) is 24.0 Å². The highest BCUT2D eigenvalue weighted by atomic mass is 35.5. The molecule has 0 spiro atoms. The van der Waals surface area contributed by atoms with Gasteiger partial charge in [-0.3, -0.25) is 4.90 Å². The standard InChI is InChI=1S/C17H25ClN2/c1-2-5-15-10-19-17(13-8-9-13)12-20(15)11-14-6-3-4-7-16(14)18/h3-4,6-7,13,15,17,19H,2,5,8-12H2,1H3. The highest BCUT2D eigenvalue weighted by Gasteiger charge is 2.36. The number of benzene rings is 1. The number of rotatable bonds is 5. The average Bonchev–Trinajstić information content (AvgIpc) is 3.28. The molecule has 1 heterocycles. The monoisotopic (exact) mass is 292 g/mol. The van der Waals surface area contributed by atoms with E-state index in [0.29, 0.717) is 12.1 Å². The van der Waals surface area contributed by atoms with Gasteiger partial charge in [-0.1, -0.05) is 43.1 Å². The Labute approximate surface area is 127 Å². The van der Waals surface area contributed by atoms with Crippen molar-refractivity contribution in [2.24, 2.45) is 5.92 Å². The van der Waals surface area contributed by atoms with Crippen molar-refractivity contribution in [2.75, 3.05) is 13.1 Å². The van der Waals surface area contributed by atoms with E-state index in [1.807, 2.05) is 12.1 Å². The van der Waals surface area contributed by atoms with Crippen molar-refractivity contribution in [3.8, 4) is 0 Å². The van der Waals surface area contributed by atoms with Crippen LogP contribution in [0.5, 0.6) is 0 Å². The van der Waals surface area contributed by atoms with Gasteiger partial charge in [0.2, 0.25) is 0 Å². The lowest BCUT2D eigenvalue weighted by molar-refractivity contribution is 0.108. The molecule has 1 saturated carbocycles. The second kappa shape index (κ2) is 6.46. The van der Waals surface area contributed by atoms with Crippen LogP contribution in [0.3, 0.4) is 0 Å². The van der Waals surface area contributed by atoms with Gasteiger partial charge in [0, 0.05) is 36.7 Å². The molecule has 1 aliphatic carbocycles. The maximum absolute atomic E-state index is 6.34. The van der Waals surface area contributed by atoms with E-state index in [4.69, 9.17) is 11.6 Å². The number of nitrogens with zero attached hydrogens (tertiary/aromatic N) is 1. The van der Waals surface area contributed by atoms with Crippen LogP contribution in [0.15, 0.2) is 24.3 Å². The van der Waals surface area contributed by atoms with Crippen LogP contribution >= 0.6 is 11.6 Å². The largest absolute Gasteiger partial charge is 0.311 e. The Morgan fingerprint density at radius 3 is 2.80 bits per heavy atom. The quantitative estimate of drug-likeness (QED) is 0.890. The molecule has 1 saturated heterocycles. The number of piperazine rings is 1. The van der Waals surface area contributed by atoms with Crippen molar-refractivity contribution >= 4 is 11.6 Å². The van der Waals surface area contributed by atoms with Gasteiger partial charge in [-0.25, -0.2) is 0 Å². The van der Waals surface area contributed by atoms with Crippen LogP contribution in [0.4, 0.5) is 0 Å². The Morgan fingerprint density at radius 2 is 2.10 bits per heavy atom. The van der Waals surface area contributed by atoms with E-state index in [1.54, 1.807) is 0 Å². The second-order valence-electron chi connectivity index (χ2n) is 6.32. The molecule has 2 atom stereocenters. The summed E-state index contributed by atoms with van der Waals surface area (Å²) in [5, 5.41) is 4.68. The maximum atomic E-state index is 6.34. The van der Waals surface area contributed by atoms with Gasteiger partial charge in [0.1, 0.15) is 0 Å². The Balaban J connectivity index is 1.70. The van der Waals surface area contributed by atoms with Crippen molar-refractivity contribution in [2.45, 2.75) is 51.2 Å². The molecule has 0 bridgehead atoms. The van der Waals surface area contributed by atoms with Crippen molar-refractivity contribution in [3.63, 3.8) is 0 Å². The summed E-state index contributed by atoms with van der Waals surface area (Å²) in [6.45, 7) is 5.59. The first-order valence-electron chi connectivity index (χ1n) is 7.98. The summed E-state index contributed by atoms with van der Waals surface area (Å²) >= 11 is 6.34. The van der Waals surface area contributed by atoms with Crippen LogP contribution in [0.2, 0.25) is 5.02 Å². The maximum Gasteiger partial charge on any atom is 0.0451 e. The molecule has 2 nitrogen and oxygen atoms in total. The molecule has 0 radical (unpaired) electrons. The first-order chi connectivity index (χ1) is 9.78. The molecule has 2 aliphatic rings. The summed E-state index contributed by atoms with van der Waals surface area (Å²) in [5.74, 6) is 0.923. The number of halogens is 1. The van der Waals surface area contributed by atoms with Crippen LogP contribution in [0.25, 0.3) is 0 Å². The summed E-state index contributed by atoms with van der Waals surface area (Å²) in [7, 11) is 0. The molecular weight excluding hydrogens is 268 g/mol. The fraction of sp³-hybridized carbons (Fsp3) is 0.647. The van der Waals surface area contributed by atoms with E-state index >= 15 is 0 Å². The van der Waals surface area contributed by atoms with Gasteiger partial charge in [-0.05, 0) is 36.8 Å². The van der Waals surface area contributed by atoms with Crippen LogP contribution in [0.1, 0.15) is 38.2 Å². The summed E-state index contributed by atoms with van der Waals surface area (Å²) in [4.78, 5) is 2.66. The Kier molecular flexibility index (Phi) is 4.65. The minimum atomic E-state index is 0.659. The molecule has 0 amide bonds. The minimum Gasteiger partial charge on any atom is -0.311 e. The van der Waals surface area contributed by atoms with E-state index in [1.165, 1.54) is 37.8 Å². The van der Waals surface area contributed by atoms with Crippen LogP contribution in [-0.2, 0) is 6.54 Å². The number of hydrogen-bond donors (Lipinski definition) is 1. The highest BCUT2D eigenvalue weighted by Crippen LogP contribution is 2.35. The van der Waals surface area contributed by atoms with Crippen LogP contribution in [-0.4, -0.2) is 30.1 Å². The molecular formula is C17H25ClN2. The number of hydrogen-bond acceptors (Lipinski definition) is 2. The fourth-order valence-electron chi connectivity index (χ4n) is 3.35. The summed E-state index contributed by atoms with van der Waals surface area (Å²) in [6, 6.07) is 9.64. The Hall–Kier alpha value is -0.570. The van der Waals surface area contributed by atoms with E-state index in [-0.39, 0.29) is 0 Å². The van der Waals surface area contributed by atoms with Gasteiger partial charge in [-0.15, -0.1) is 0 Å². The predicted octanol–water partition coefficient (Wildman–Crippen LogP) is 3.69. The zero-order chi connectivity index (χ0) is 13.9. The Bertz CT molecular complexity index is 444. The lowest BCUT2D eigenvalue weighted by Gasteiger charge is -2.41. The predicted molar refractivity (Wildman–Crippen MR) is 85.1 cm³/mol. The molecule has 1 N–H and O–H groups in total. The third-order valence-corrected chi connectivity index (χ3v) is 5.08. The lowest BCUT2D eigenvalue weighted by Crippen LogP contribution is -2.56. The fourth-order valence-corrected chi connectivity index (χ4v) is 3.55. The van der Waals surface area contributed by atoms with Gasteiger partial charge in [-0.2, -0.15) is 0 Å². The number of nitrogens with one attached hydrogen (secondary N) is 1. The molecule has 1 aliphatic heterocycles. The van der Waals surface area contributed by atoms with Crippen LogP contribution < -0.4 is 5.32 Å². The lowest BCUT2D eigenvalue weighted by atomic mass is 10.0.